The molecule has 19 heavy (non-hydrogen) atoms. The van der Waals surface area contributed by atoms with Gasteiger partial charge in [0, 0.05) is 12.8 Å². The van der Waals surface area contributed by atoms with Crippen LogP contribution in [0.2, 0.25) is 0 Å². The number of hydrogen-bond donors (Lipinski definition) is 2. The molecule has 0 saturated heterocycles. The van der Waals surface area contributed by atoms with Gasteiger partial charge >= 0.3 is 5.97 Å². The number of carboxylic acid groups (broad SMARTS) is 1. The minimum absolute atomic E-state index is 0.117. The van der Waals surface area contributed by atoms with E-state index in [0.717, 1.165) is 12.3 Å². The highest BCUT2D eigenvalue weighted by molar-refractivity contribution is 7.91. The van der Waals surface area contributed by atoms with Crippen molar-refractivity contribution in [1.82, 2.24) is 4.72 Å². The number of carboxylic acids is 1. The van der Waals surface area contributed by atoms with Crippen molar-refractivity contribution < 1.29 is 26.7 Å². The lowest BCUT2D eigenvalue weighted by Crippen LogP contribution is -2.26. The number of aliphatic carboxylic acids is 1. The third-order valence-corrected chi connectivity index (χ3v) is 4.74. The Bertz CT molecular complexity index is 678. The second kappa shape index (κ2) is 5.68. The maximum atomic E-state index is 11.8. The van der Waals surface area contributed by atoms with E-state index in [2.05, 4.69) is 4.72 Å². The van der Waals surface area contributed by atoms with Crippen molar-refractivity contribution >= 4 is 25.8 Å². The van der Waals surface area contributed by atoms with E-state index in [-0.39, 0.29) is 22.8 Å². The van der Waals surface area contributed by atoms with Crippen LogP contribution < -0.4 is 4.72 Å². The summed E-state index contributed by atoms with van der Waals surface area (Å²) in [5.41, 5.74) is 0. The molecule has 0 fully saturated rings. The molecular weight excluding hydrogens is 294 g/mol. The van der Waals surface area contributed by atoms with Crippen LogP contribution in [0.25, 0.3) is 0 Å². The van der Waals surface area contributed by atoms with Gasteiger partial charge < -0.3 is 5.11 Å². The molecule has 0 bridgehead atoms. The Labute approximate surface area is 111 Å². The summed E-state index contributed by atoms with van der Waals surface area (Å²) in [6.07, 6.45) is 0.613. The topological polar surface area (TPSA) is 118 Å². The Morgan fingerprint density at radius 2 is 1.79 bits per heavy atom. The first-order valence-electron chi connectivity index (χ1n) is 5.14. The number of sulfone groups is 1. The Kier molecular flexibility index (Phi) is 4.66. The molecule has 0 aromatic heterocycles. The maximum absolute atomic E-state index is 11.8. The zero-order valence-electron chi connectivity index (χ0n) is 10.0. The normalized spacial score (nSPS) is 12.3. The summed E-state index contributed by atoms with van der Waals surface area (Å²) < 4.78 is 48.3. The van der Waals surface area contributed by atoms with Gasteiger partial charge in [0.25, 0.3) is 0 Å². The van der Waals surface area contributed by atoms with Gasteiger partial charge in [0.2, 0.25) is 10.0 Å². The number of sulfonamides is 1. The van der Waals surface area contributed by atoms with Gasteiger partial charge in [-0.15, -0.1) is 0 Å². The molecule has 0 atom stereocenters. The summed E-state index contributed by atoms with van der Waals surface area (Å²) in [6.45, 7) is -0.263. The van der Waals surface area contributed by atoms with Crippen LogP contribution in [-0.2, 0) is 24.7 Å². The standard InChI is InChI=1S/C10H13NO6S2/c1-18(14,15)8-3-2-4-9(7-8)19(16,17)11-6-5-10(12)13/h2-4,7,11H,5-6H2,1H3,(H,12,13). The smallest absolute Gasteiger partial charge is 0.304 e. The van der Waals surface area contributed by atoms with Gasteiger partial charge in [-0.2, -0.15) is 0 Å². The zero-order valence-corrected chi connectivity index (χ0v) is 11.7. The molecule has 0 aliphatic rings. The molecule has 0 radical (unpaired) electrons. The Balaban J connectivity index is 2.99. The van der Waals surface area contributed by atoms with Gasteiger partial charge in [-0.1, -0.05) is 6.07 Å². The highest BCUT2D eigenvalue weighted by atomic mass is 32.2. The van der Waals surface area contributed by atoms with Gasteiger partial charge in [-0.05, 0) is 18.2 Å². The van der Waals surface area contributed by atoms with Gasteiger partial charge in [-0.3, -0.25) is 4.79 Å². The molecule has 0 amide bonds. The average Bonchev–Trinajstić information content (AvgIpc) is 2.27. The van der Waals surface area contributed by atoms with E-state index in [0.29, 0.717) is 0 Å². The fraction of sp³-hybridized carbons (Fsp3) is 0.300. The van der Waals surface area contributed by atoms with E-state index in [9.17, 15) is 21.6 Å². The van der Waals surface area contributed by atoms with Gasteiger partial charge in [0.05, 0.1) is 16.2 Å². The molecule has 1 aromatic rings. The quantitative estimate of drug-likeness (QED) is 0.754. The molecule has 0 aliphatic carbocycles. The number of rotatable bonds is 6. The molecule has 0 spiro atoms. The third kappa shape index (κ3) is 4.62. The number of nitrogens with one attached hydrogen (secondary N) is 1. The molecule has 1 rings (SSSR count). The van der Waals surface area contributed by atoms with Crippen LogP contribution in [-0.4, -0.2) is 40.7 Å². The Morgan fingerprint density at radius 1 is 1.21 bits per heavy atom. The molecule has 0 aliphatic heterocycles. The fourth-order valence-corrected chi connectivity index (χ4v) is 3.07. The first-order valence-corrected chi connectivity index (χ1v) is 8.52. The lowest BCUT2D eigenvalue weighted by molar-refractivity contribution is -0.136. The first-order chi connectivity index (χ1) is 8.63. The summed E-state index contributed by atoms with van der Waals surface area (Å²) in [5, 5.41) is 8.42. The van der Waals surface area contributed by atoms with Crippen molar-refractivity contribution in [3.05, 3.63) is 24.3 Å². The largest absolute Gasteiger partial charge is 0.481 e. The van der Waals surface area contributed by atoms with Gasteiger partial charge in [0.1, 0.15) is 0 Å². The van der Waals surface area contributed by atoms with Crippen LogP contribution in [0, 0.1) is 0 Å². The maximum Gasteiger partial charge on any atom is 0.304 e. The minimum atomic E-state index is -3.92. The summed E-state index contributed by atoms with van der Waals surface area (Å²) in [5.74, 6) is -1.13. The number of hydrogen-bond acceptors (Lipinski definition) is 5. The van der Waals surface area contributed by atoms with Crippen molar-refractivity contribution in [3.63, 3.8) is 0 Å². The lowest BCUT2D eigenvalue weighted by atomic mass is 10.4. The van der Waals surface area contributed by atoms with Crippen LogP contribution in [0.3, 0.4) is 0 Å². The fourth-order valence-electron chi connectivity index (χ4n) is 1.25. The van der Waals surface area contributed by atoms with Crippen molar-refractivity contribution in [2.75, 3.05) is 12.8 Å². The molecule has 106 valence electrons. The lowest BCUT2D eigenvalue weighted by Gasteiger charge is -2.06. The zero-order chi connectivity index (χ0) is 14.7. The van der Waals surface area contributed by atoms with E-state index >= 15 is 0 Å². The van der Waals surface area contributed by atoms with Crippen molar-refractivity contribution in [2.24, 2.45) is 0 Å². The van der Waals surface area contributed by atoms with Crippen LogP contribution >= 0.6 is 0 Å². The Hall–Kier alpha value is -1.45. The molecule has 9 heteroatoms. The molecule has 0 saturated carbocycles. The van der Waals surface area contributed by atoms with Crippen LogP contribution in [0.15, 0.2) is 34.1 Å². The summed E-state index contributed by atoms with van der Waals surface area (Å²) in [4.78, 5) is 9.95. The molecule has 7 nitrogen and oxygen atoms in total. The number of carbonyl (C=O) groups is 1. The Morgan fingerprint density at radius 3 is 2.32 bits per heavy atom. The van der Waals surface area contributed by atoms with E-state index < -0.39 is 25.8 Å². The first kappa shape index (κ1) is 15.6. The molecule has 2 N–H and O–H groups in total. The average molecular weight is 307 g/mol. The SMILES string of the molecule is CS(=O)(=O)c1cccc(S(=O)(=O)NCCC(=O)O)c1. The predicted octanol–water partition coefficient (Wildman–Crippen LogP) is -0.157. The predicted molar refractivity (Wildman–Crippen MR) is 67.0 cm³/mol. The van der Waals surface area contributed by atoms with Crippen molar-refractivity contribution in [3.8, 4) is 0 Å². The monoisotopic (exact) mass is 307 g/mol. The summed E-state index contributed by atoms with van der Waals surface area (Å²) in [7, 11) is -7.42. The molecule has 1 aromatic carbocycles. The molecular formula is C10H13NO6S2. The van der Waals surface area contributed by atoms with Crippen molar-refractivity contribution in [1.29, 1.82) is 0 Å². The van der Waals surface area contributed by atoms with E-state index in [1.54, 1.807) is 0 Å². The van der Waals surface area contributed by atoms with Crippen LogP contribution in [0.5, 0.6) is 0 Å². The van der Waals surface area contributed by atoms with E-state index in [1.807, 2.05) is 0 Å². The second-order valence-electron chi connectivity index (χ2n) is 3.79. The van der Waals surface area contributed by atoms with Gasteiger partial charge in [0.15, 0.2) is 9.84 Å². The van der Waals surface area contributed by atoms with E-state index in [4.69, 9.17) is 5.11 Å². The second-order valence-corrected chi connectivity index (χ2v) is 7.57. The van der Waals surface area contributed by atoms with Crippen molar-refractivity contribution in [2.45, 2.75) is 16.2 Å². The van der Waals surface area contributed by atoms with Crippen LogP contribution in [0.4, 0.5) is 0 Å². The third-order valence-electron chi connectivity index (χ3n) is 2.17. The summed E-state index contributed by atoms with van der Waals surface area (Å²) in [6, 6.07) is 4.85. The van der Waals surface area contributed by atoms with E-state index in [1.165, 1.54) is 18.2 Å². The highest BCUT2D eigenvalue weighted by Crippen LogP contribution is 2.15. The van der Waals surface area contributed by atoms with Crippen LogP contribution in [0.1, 0.15) is 6.42 Å². The minimum Gasteiger partial charge on any atom is -0.481 e. The highest BCUT2D eigenvalue weighted by Gasteiger charge is 2.17. The summed E-state index contributed by atoms with van der Waals surface area (Å²) >= 11 is 0. The van der Waals surface area contributed by atoms with Gasteiger partial charge in [-0.25, -0.2) is 21.6 Å². The number of benzene rings is 1. The molecule has 0 unspecified atom stereocenters. The molecule has 0 heterocycles.